The molecule has 2 atom stereocenters. The van der Waals surface area contributed by atoms with Gasteiger partial charge in [-0.05, 0) is 66.3 Å². The van der Waals surface area contributed by atoms with E-state index in [9.17, 15) is 18.7 Å². The maximum absolute atomic E-state index is 13.9. The van der Waals surface area contributed by atoms with E-state index in [0.717, 1.165) is 42.0 Å². The summed E-state index contributed by atoms with van der Waals surface area (Å²) in [6.45, 7) is 4.83. The fourth-order valence-corrected chi connectivity index (χ4v) is 4.53. The van der Waals surface area contributed by atoms with Crippen molar-refractivity contribution in [2.24, 2.45) is 0 Å². The van der Waals surface area contributed by atoms with Crippen LogP contribution in [0, 0.1) is 11.6 Å². The molecule has 0 aliphatic rings. The average Bonchev–Trinajstić information content (AvgIpc) is 3.30. The van der Waals surface area contributed by atoms with E-state index >= 15 is 0 Å². The number of aliphatic hydroxyl groups is 1. The molecule has 3 aromatic carbocycles. The number of nitrogens with zero attached hydrogens (tertiary/aromatic N) is 1. The van der Waals surface area contributed by atoms with Gasteiger partial charge in [-0.1, -0.05) is 49.7 Å². The summed E-state index contributed by atoms with van der Waals surface area (Å²) in [5.41, 5.74) is 4.38. The number of aromatic nitrogens is 1. The quantitative estimate of drug-likeness (QED) is 0.241. The van der Waals surface area contributed by atoms with Crippen LogP contribution in [-0.4, -0.2) is 34.9 Å². The monoisotopic (exact) mass is 521 g/mol. The first-order chi connectivity index (χ1) is 18.4. The maximum Gasteiger partial charge on any atom is 0.251 e. The second-order valence-electron chi connectivity index (χ2n) is 9.52. The van der Waals surface area contributed by atoms with Crippen molar-refractivity contribution in [3.05, 3.63) is 100 Å². The van der Waals surface area contributed by atoms with E-state index < -0.39 is 29.7 Å². The van der Waals surface area contributed by atoms with Crippen molar-refractivity contribution in [1.82, 2.24) is 15.8 Å². The van der Waals surface area contributed by atoms with E-state index in [-0.39, 0.29) is 13.0 Å². The predicted octanol–water partition coefficient (Wildman–Crippen LogP) is 5.11. The Hall–Kier alpha value is -3.62. The average molecular weight is 522 g/mol. The molecule has 0 spiro atoms. The summed E-state index contributed by atoms with van der Waals surface area (Å²) >= 11 is 0. The zero-order chi connectivity index (χ0) is 27.1. The van der Waals surface area contributed by atoms with Crippen molar-refractivity contribution >= 4 is 16.9 Å². The molecule has 0 radical (unpaired) electrons. The number of fused-ring (bicyclic) bond motifs is 1. The summed E-state index contributed by atoms with van der Waals surface area (Å²) in [5.74, 6) is -1.84. The van der Waals surface area contributed by atoms with Crippen LogP contribution in [0.3, 0.4) is 0 Å². The Bertz CT molecular complexity index is 1370. The minimum atomic E-state index is -1.02. The van der Waals surface area contributed by atoms with Crippen LogP contribution >= 0.6 is 0 Å². The van der Waals surface area contributed by atoms with Crippen molar-refractivity contribution in [3.8, 4) is 0 Å². The zero-order valence-corrected chi connectivity index (χ0v) is 21.6. The summed E-state index contributed by atoms with van der Waals surface area (Å²) in [5, 5.41) is 22.0. The Morgan fingerprint density at radius 2 is 1.76 bits per heavy atom. The number of amides is 1. The van der Waals surface area contributed by atoms with E-state index in [0.29, 0.717) is 23.3 Å². The van der Waals surface area contributed by atoms with Crippen molar-refractivity contribution in [2.45, 2.75) is 58.2 Å². The molecule has 0 aliphatic carbocycles. The number of aryl methyl sites for hydroxylation is 2. The minimum Gasteiger partial charge on any atom is -0.390 e. The first-order valence-corrected chi connectivity index (χ1v) is 13.0. The number of hydrogen-bond acceptors (Lipinski definition) is 5. The highest BCUT2D eigenvalue weighted by atomic mass is 19.1. The molecule has 1 aromatic heterocycles. The van der Waals surface area contributed by atoms with Crippen molar-refractivity contribution in [3.63, 3.8) is 0 Å². The number of carbonyl (C=O) groups excluding carboxylic acids is 1. The summed E-state index contributed by atoms with van der Waals surface area (Å²) in [4.78, 5) is 13.2. The van der Waals surface area contributed by atoms with Crippen LogP contribution in [0.1, 0.15) is 53.0 Å². The summed E-state index contributed by atoms with van der Waals surface area (Å²) in [7, 11) is 0. The summed E-state index contributed by atoms with van der Waals surface area (Å²) < 4.78 is 33.1. The summed E-state index contributed by atoms with van der Waals surface area (Å²) in [6.07, 6.45) is 1.55. The molecule has 0 aliphatic heterocycles. The van der Waals surface area contributed by atoms with Crippen LogP contribution in [0.15, 0.2) is 65.2 Å². The molecule has 1 heterocycles. The molecule has 8 heteroatoms. The Balaban J connectivity index is 1.50. The molecule has 3 N–H and O–H groups in total. The fourth-order valence-electron chi connectivity index (χ4n) is 4.53. The number of carbonyl (C=O) groups is 1. The Kier molecular flexibility index (Phi) is 9.20. The van der Waals surface area contributed by atoms with E-state index in [1.54, 1.807) is 18.2 Å². The smallest absolute Gasteiger partial charge is 0.251 e. The number of nitrogens with one attached hydrogen (secondary N) is 2. The van der Waals surface area contributed by atoms with Gasteiger partial charge in [-0.15, -0.1) is 0 Å². The van der Waals surface area contributed by atoms with Crippen LogP contribution in [0.2, 0.25) is 0 Å². The van der Waals surface area contributed by atoms with Crippen LogP contribution in [-0.2, 0) is 25.8 Å². The highest BCUT2D eigenvalue weighted by Crippen LogP contribution is 2.22. The Morgan fingerprint density at radius 3 is 2.50 bits per heavy atom. The van der Waals surface area contributed by atoms with Crippen LogP contribution in [0.5, 0.6) is 0 Å². The molecule has 4 aromatic rings. The first kappa shape index (κ1) is 27.4. The predicted molar refractivity (Wildman–Crippen MR) is 143 cm³/mol. The number of hydrogen-bond donors (Lipinski definition) is 3. The van der Waals surface area contributed by atoms with E-state index in [1.807, 2.05) is 19.1 Å². The third-order valence-corrected chi connectivity index (χ3v) is 6.53. The lowest BCUT2D eigenvalue weighted by molar-refractivity contribution is 0.0830. The van der Waals surface area contributed by atoms with Gasteiger partial charge < -0.3 is 20.3 Å². The molecule has 0 bridgehead atoms. The molecule has 0 fully saturated rings. The third-order valence-electron chi connectivity index (χ3n) is 6.53. The summed E-state index contributed by atoms with van der Waals surface area (Å²) in [6, 6.07) is 15.6. The van der Waals surface area contributed by atoms with Gasteiger partial charge >= 0.3 is 0 Å². The lowest BCUT2D eigenvalue weighted by Crippen LogP contribution is -2.48. The van der Waals surface area contributed by atoms with Gasteiger partial charge in [0, 0.05) is 30.1 Å². The number of benzene rings is 3. The zero-order valence-electron chi connectivity index (χ0n) is 21.6. The fraction of sp³-hybridized carbons (Fsp3) is 0.333. The van der Waals surface area contributed by atoms with Crippen molar-refractivity contribution in [2.75, 3.05) is 6.54 Å². The van der Waals surface area contributed by atoms with Crippen LogP contribution in [0.25, 0.3) is 11.0 Å². The molecule has 2 unspecified atom stereocenters. The van der Waals surface area contributed by atoms with Crippen LogP contribution < -0.4 is 10.6 Å². The van der Waals surface area contributed by atoms with Crippen molar-refractivity contribution < 1.29 is 23.2 Å². The van der Waals surface area contributed by atoms with Crippen molar-refractivity contribution in [1.29, 1.82) is 0 Å². The largest absolute Gasteiger partial charge is 0.390 e. The topological polar surface area (TPSA) is 87.4 Å². The molecule has 6 nitrogen and oxygen atoms in total. The van der Waals surface area contributed by atoms with Crippen LogP contribution in [0.4, 0.5) is 8.78 Å². The standard InChI is InChI=1S/C30H33F2N3O3/c1-3-6-26-25-15-22(9-10-29(25)38-35-26)30(37)34-27(14-21-12-23(31)16-24(32)13-21)28(36)18-33-17-20-8-5-7-19(4-2)11-20/h5,7-13,15-16,27-28,33,36H,3-4,6,14,17-18H2,1-2H3,(H,34,37). The highest BCUT2D eigenvalue weighted by Gasteiger charge is 2.23. The molecular weight excluding hydrogens is 488 g/mol. The van der Waals surface area contributed by atoms with E-state index in [4.69, 9.17) is 4.52 Å². The molecule has 38 heavy (non-hydrogen) atoms. The van der Waals surface area contributed by atoms with Gasteiger partial charge in [-0.3, -0.25) is 4.79 Å². The highest BCUT2D eigenvalue weighted by molar-refractivity contribution is 5.98. The van der Waals surface area contributed by atoms with Gasteiger partial charge in [-0.2, -0.15) is 0 Å². The van der Waals surface area contributed by atoms with E-state index in [2.05, 4.69) is 34.8 Å². The molecule has 0 saturated heterocycles. The van der Waals surface area contributed by atoms with Gasteiger partial charge in [0.25, 0.3) is 5.91 Å². The maximum atomic E-state index is 13.9. The Labute approximate surface area is 221 Å². The van der Waals surface area contributed by atoms with Gasteiger partial charge in [0.15, 0.2) is 5.58 Å². The second kappa shape index (κ2) is 12.8. The Morgan fingerprint density at radius 1 is 1.00 bits per heavy atom. The number of halogens is 2. The van der Waals surface area contributed by atoms with Gasteiger partial charge in [-0.25, -0.2) is 8.78 Å². The van der Waals surface area contributed by atoms with Gasteiger partial charge in [0.05, 0.1) is 17.8 Å². The lowest BCUT2D eigenvalue weighted by atomic mass is 9.99. The minimum absolute atomic E-state index is 0.0468. The van der Waals surface area contributed by atoms with Gasteiger partial charge in [0.2, 0.25) is 0 Å². The second-order valence-corrected chi connectivity index (χ2v) is 9.52. The molecular formula is C30H33F2N3O3. The third kappa shape index (κ3) is 7.02. The van der Waals surface area contributed by atoms with E-state index in [1.165, 1.54) is 17.7 Å². The molecule has 0 saturated carbocycles. The van der Waals surface area contributed by atoms with Gasteiger partial charge in [0.1, 0.15) is 11.6 Å². The number of rotatable bonds is 12. The lowest BCUT2D eigenvalue weighted by Gasteiger charge is -2.25. The normalized spacial score (nSPS) is 13.0. The number of aliphatic hydroxyl groups excluding tert-OH is 1. The molecule has 200 valence electrons. The molecule has 1 amide bonds. The first-order valence-electron chi connectivity index (χ1n) is 13.0. The SMILES string of the molecule is CCCc1noc2ccc(C(=O)NC(Cc3cc(F)cc(F)c3)C(O)CNCc3cccc(CC)c3)cc12. The molecule has 4 rings (SSSR count).